The maximum absolute atomic E-state index is 12.3. The summed E-state index contributed by atoms with van der Waals surface area (Å²) in [6.07, 6.45) is 1.63. The molecule has 0 fully saturated rings. The summed E-state index contributed by atoms with van der Waals surface area (Å²) in [5.41, 5.74) is 3.18. The van der Waals surface area contributed by atoms with E-state index in [9.17, 15) is 4.79 Å². The second kappa shape index (κ2) is 12.2. The molecule has 39 heavy (non-hydrogen) atoms. The molecule has 0 atom stereocenters. The summed E-state index contributed by atoms with van der Waals surface area (Å²) < 4.78 is 13.5. The number of rotatable bonds is 9. The Morgan fingerprint density at radius 1 is 1.00 bits per heavy atom. The summed E-state index contributed by atoms with van der Waals surface area (Å²) in [5.74, 6) is 0.871. The highest BCUT2D eigenvalue weighted by Crippen LogP contribution is 2.33. The topological polar surface area (TPSA) is 74.9 Å². The number of esters is 1. The maximum Gasteiger partial charge on any atom is 0.338 e. The van der Waals surface area contributed by atoms with Gasteiger partial charge >= 0.3 is 5.97 Å². The lowest BCUT2D eigenvalue weighted by atomic mass is 10.1. The Morgan fingerprint density at radius 3 is 2.28 bits per heavy atom. The standard InChI is InChI=1S/C31H32ClN3O4/c1-21(2)28-27(19-33-37-20-22-11-13-23(14-12-22)30(36)39-31(3,4)5)29(38-26-17-15-24(32)16-18-26)35(34-28)25-9-7-6-8-10-25/h6-19,21H,20H2,1-5H3/b33-19+. The minimum absolute atomic E-state index is 0.101. The molecule has 7 nitrogen and oxygen atoms in total. The van der Waals surface area contributed by atoms with E-state index < -0.39 is 5.60 Å². The highest BCUT2D eigenvalue weighted by Gasteiger charge is 2.22. The largest absolute Gasteiger partial charge is 0.456 e. The fourth-order valence-electron chi connectivity index (χ4n) is 3.71. The number of oxime groups is 1. The van der Waals surface area contributed by atoms with Gasteiger partial charge in [0, 0.05) is 5.02 Å². The summed E-state index contributed by atoms with van der Waals surface area (Å²) in [6, 6.07) is 24.0. The lowest BCUT2D eigenvalue weighted by molar-refractivity contribution is 0.00694. The molecule has 8 heteroatoms. The molecule has 0 aliphatic carbocycles. The average molecular weight is 546 g/mol. The van der Waals surface area contributed by atoms with Gasteiger partial charge in [-0.15, -0.1) is 0 Å². The van der Waals surface area contributed by atoms with Crippen molar-refractivity contribution >= 4 is 23.8 Å². The summed E-state index contributed by atoms with van der Waals surface area (Å²) in [5, 5.41) is 9.72. The van der Waals surface area contributed by atoms with E-state index >= 15 is 0 Å². The first-order chi connectivity index (χ1) is 18.6. The number of aromatic nitrogens is 2. The van der Waals surface area contributed by atoms with Crippen LogP contribution in [0, 0.1) is 0 Å². The van der Waals surface area contributed by atoms with Crippen LogP contribution in [0.5, 0.6) is 11.6 Å². The zero-order valence-corrected chi connectivity index (χ0v) is 23.5. The molecule has 0 N–H and O–H groups in total. The Hall–Kier alpha value is -4.10. The van der Waals surface area contributed by atoms with Gasteiger partial charge in [0.05, 0.1) is 28.7 Å². The Balaban J connectivity index is 1.56. The minimum atomic E-state index is -0.549. The summed E-state index contributed by atoms with van der Waals surface area (Å²) in [6.45, 7) is 9.87. The van der Waals surface area contributed by atoms with Crippen LogP contribution in [0.3, 0.4) is 0 Å². The van der Waals surface area contributed by atoms with Crippen LogP contribution < -0.4 is 4.74 Å². The molecule has 0 spiro atoms. The summed E-state index contributed by atoms with van der Waals surface area (Å²) >= 11 is 6.07. The smallest absolute Gasteiger partial charge is 0.338 e. The van der Waals surface area contributed by atoms with Gasteiger partial charge in [-0.1, -0.05) is 60.9 Å². The third kappa shape index (κ3) is 7.48. The van der Waals surface area contributed by atoms with Crippen LogP contribution in [0.2, 0.25) is 5.02 Å². The highest BCUT2D eigenvalue weighted by atomic mass is 35.5. The van der Waals surface area contributed by atoms with Gasteiger partial charge < -0.3 is 14.3 Å². The van der Waals surface area contributed by atoms with E-state index in [0.717, 1.165) is 16.9 Å². The van der Waals surface area contributed by atoms with Crippen molar-refractivity contribution in [3.05, 3.63) is 106 Å². The Bertz CT molecular complexity index is 1420. The molecule has 0 saturated heterocycles. The molecule has 0 bridgehead atoms. The monoisotopic (exact) mass is 545 g/mol. The first-order valence-corrected chi connectivity index (χ1v) is 13.1. The second-order valence-corrected chi connectivity index (χ2v) is 10.7. The number of para-hydroxylation sites is 1. The van der Waals surface area contributed by atoms with Crippen LogP contribution in [0.1, 0.15) is 67.7 Å². The van der Waals surface area contributed by atoms with Crippen LogP contribution in [0.4, 0.5) is 0 Å². The van der Waals surface area contributed by atoms with Gasteiger partial charge in [-0.05, 0) is 80.8 Å². The number of halogens is 1. The van der Waals surface area contributed by atoms with E-state index in [1.165, 1.54) is 0 Å². The molecule has 4 aromatic rings. The van der Waals surface area contributed by atoms with Gasteiger partial charge in [0.2, 0.25) is 5.88 Å². The number of carbonyl (C=O) groups is 1. The van der Waals surface area contributed by atoms with Gasteiger partial charge in [0.25, 0.3) is 0 Å². The van der Waals surface area contributed by atoms with Gasteiger partial charge in [-0.3, -0.25) is 0 Å². The fraction of sp³-hybridized carbons (Fsp3) is 0.258. The third-order valence-corrected chi connectivity index (χ3v) is 5.81. The fourth-order valence-corrected chi connectivity index (χ4v) is 3.84. The van der Waals surface area contributed by atoms with Crippen LogP contribution in [-0.4, -0.2) is 27.6 Å². The minimum Gasteiger partial charge on any atom is -0.456 e. The van der Waals surface area contributed by atoms with Crippen molar-refractivity contribution < 1.29 is 19.1 Å². The predicted molar refractivity (Wildman–Crippen MR) is 153 cm³/mol. The third-order valence-electron chi connectivity index (χ3n) is 5.56. The van der Waals surface area contributed by atoms with Crippen molar-refractivity contribution in [2.45, 2.75) is 52.7 Å². The molecule has 3 aromatic carbocycles. The van der Waals surface area contributed by atoms with E-state index in [2.05, 4.69) is 19.0 Å². The van der Waals surface area contributed by atoms with Gasteiger partial charge in [-0.25, -0.2) is 4.79 Å². The zero-order valence-electron chi connectivity index (χ0n) is 22.7. The molecular formula is C31H32ClN3O4. The molecule has 0 aliphatic rings. The molecule has 4 rings (SSSR count). The van der Waals surface area contributed by atoms with Crippen molar-refractivity contribution in [3.63, 3.8) is 0 Å². The lowest BCUT2D eigenvalue weighted by Crippen LogP contribution is -2.23. The van der Waals surface area contributed by atoms with Crippen LogP contribution in [0.25, 0.3) is 5.69 Å². The number of ether oxygens (including phenoxy) is 2. The van der Waals surface area contributed by atoms with Crippen LogP contribution in [0.15, 0.2) is 84.0 Å². The first kappa shape index (κ1) is 27.9. The van der Waals surface area contributed by atoms with E-state index in [1.54, 1.807) is 47.3 Å². The first-order valence-electron chi connectivity index (χ1n) is 12.7. The average Bonchev–Trinajstić information content (AvgIpc) is 3.26. The molecular weight excluding hydrogens is 514 g/mol. The summed E-state index contributed by atoms with van der Waals surface area (Å²) in [4.78, 5) is 17.9. The molecule has 0 saturated carbocycles. The van der Waals surface area contributed by atoms with Crippen molar-refractivity contribution in [1.29, 1.82) is 0 Å². The number of nitrogens with zero attached hydrogens (tertiary/aromatic N) is 3. The maximum atomic E-state index is 12.3. The SMILES string of the molecule is CC(C)c1nn(-c2ccccc2)c(Oc2ccc(Cl)cc2)c1/C=N/OCc1ccc(C(=O)OC(C)(C)C)cc1. The number of benzene rings is 3. The van der Waals surface area contributed by atoms with Crippen molar-refractivity contribution in [2.24, 2.45) is 5.16 Å². The molecule has 1 aromatic heterocycles. The van der Waals surface area contributed by atoms with Crippen LogP contribution >= 0.6 is 11.6 Å². The quantitative estimate of drug-likeness (QED) is 0.121. The number of hydrogen-bond acceptors (Lipinski definition) is 6. The Morgan fingerprint density at radius 2 is 1.67 bits per heavy atom. The van der Waals surface area contributed by atoms with Crippen molar-refractivity contribution in [1.82, 2.24) is 9.78 Å². The predicted octanol–water partition coefficient (Wildman–Crippen LogP) is 7.95. The Kier molecular flexibility index (Phi) is 8.72. The van der Waals surface area contributed by atoms with E-state index in [-0.39, 0.29) is 18.5 Å². The number of carbonyl (C=O) groups excluding carboxylic acids is 1. The Labute approximate surface area is 234 Å². The van der Waals surface area contributed by atoms with E-state index in [1.807, 2.05) is 63.2 Å². The molecule has 0 unspecified atom stereocenters. The van der Waals surface area contributed by atoms with E-state index in [4.69, 9.17) is 31.0 Å². The molecule has 0 amide bonds. The molecule has 1 heterocycles. The molecule has 202 valence electrons. The molecule has 0 radical (unpaired) electrons. The van der Waals surface area contributed by atoms with Crippen LogP contribution in [-0.2, 0) is 16.2 Å². The van der Waals surface area contributed by atoms with Gasteiger partial charge in [0.15, 0.2) is 0 Å². The van der Waals surface area contributed by atoms with Crippen molar-refractivity contribution in [2.75, 3.05) is 0 Å². The second-order valence-electron chi connectivity index (χ2n) is 10.3. The number of hydrogen-bond donors (Lipinski definition) is 0. The summed E-state index contributed by atoms with van der Waals surface area (Å²) in [7, 11) is 0. The lowest BCUT2D eigenvalue weighted by Gasteiger charge is -2.19. The van der Waals surface area contributed by atoms with Gasteiger partial charge in [0.1, 0.15) is 18.0 Å². The van der Waals surface area contributed by atoms with E-state index in [0.29, 0.717) is 27.8 Å². The molecule has 0 aliphatic heterocycles. The zero-order chi connectivity index (χ0) is 28.0. The normalized spacial score (nSPS) is 11.7. The highest BCUT2D eigenvalue weighted by molar-refractivity contribution is 6.30. The van der Waals surface area contributed by atoms with Gasteiger partial charge in [-0.2, -0.15) is 9.78 Å². The van der Waals surface area contributed by atoms with Crippen molar-refractivity contribution in [3.8, 4) is 17.3 Å².